The highest BCUT2D eigenvalue weighted by molar-refractivity contribution is 6.44. The molecule has 0 aliphatic carbocycles. The van der Waals surface area contributed by atoms with Crippen molar-refractivity contribution in [1.29, 1.82) is 0 Å². The van der Waals surface area contributed by atoms with Gasteiger partial charge in [-0.25, -0.2) is 4.79 Å². The Morgan fingerprint density at radius 1 is 1.13 bits per heavy atom. The van der Waals surface area contributed by atoms with Gasteiger partial charge in [0.05, 0.1) is 21.3 Å². The van der Waals surface area contributed by atoms with Gasteiger partial charge in [-0.3, -0.25) is 4.79 Å². The number of carbonyl (C=O) groups is 2. The summed E-state index contributed by atoms with van der Waals surface area (Å²) in [6, 6.07) is 10.3. The molecule has 0 radical (unpaired) electrons. The number of rotatable bonds is 4. The van der Waals surface area contributed by atoms with Crippen LogP contribution in [0.3, 0.4) is 0 Å². The van der Waals surface area contributed by atoms with E-state index in [4.69, 9.17) is 27.9 Å². The van der Waals surface area contributed by atoms with Crippen LogP contribution in [0.15, 0.2) is 42.5 Å². The lowest BCUT2D eigenvalue weighted by atomic mass is 10.2. The van der Waals surface area contributed by atoms with Crippen molar-refractivity contribution in [3.63, 3.8) is 0 Å². The number of hydrogen-bond donors (Lipinski definition) is 2. The molecule has 0 heterocycles. The second-order valence-electron chi connectivity index (χ2n) is 4.69. The number of anilines is 1. The predicted octanol–water partition coefficient (Wildman–Crippen LogP) is 3.88. The third-order valence-electron chi connectivity index (χ3n) is 2.97. The zero-order valence-electron chi connectivity index (χ0n) is 12.0. The van der Waals surface area contributed by atoms with Crippen molar-refractivity contribution in [1.82, 2.24) is 0 Å². The Kier molecular flexibility index (Phi) is 5.47. The fourth-order valence-corrected chi connectivity index (χ4v) is 2.06. The molecule has 0 spiro atoms. The number of aromatic hydroxyl groups is 1. The first-order valence-corrected chi connectivity index (χ1v) is 7.39. The number of hydrogen-bond acceptors (Lipinski definition) is 4. The first-order chi connectivity index (χ1) is 10.9. The van der Waals surface area contributed by atoms with E-state index in [0.717, 1.165) is 0 Å². The summed E-state index contributed by atoms with van der Waals surface area (Å²) in [5, 5.41) is 12.2. The molecule has 0 aliphatic heterocycles. The average molecular weight is 354 g/mol. The molecular weight excluding hydrogens is 341 g/mol. The summed E-state index contributed by atoms with van der Waals surface area (Å²) in [5.74, 6) is -1.19. The highest BCUT2D eigenvalue weighted by Crippen LogP contribution is 2.29. The molecule has 0 fully saturated rings. The summed E-state index contributed by atoms with van der Waals surface area (Å²) < 4.78 is 5.07. The first-order valence-electron chi connectivity index (χ1n) is 6.63. The van der Waals surface area contributed by atoms with Crippen molar-refractivity contribution >= 4 is 40.8 Å². The number of esters is 1. The molecule has 0 saturated carbocycles. The van der Waals surface area contributed by atoms with Crippen LogP contribution in [0.1, 0.15) is 17.3 Å². The number of nitrogens with one attached hydrogen (secondary N) is 1. The Morgan fingerprint density at radius 3 is 2.43 bits per heavy atom. The highest BCUT2D eigenvalue weighted by Gasteiger charge is 2.20. The fourth-order valence-electron chi connectivity index (χ4n) is 1.71. The zero-order chi connectivity index (χ0) is 17.0. The van der Waals surface area contributed by atoms with Crippen LogP contribution in [0.2, 0.25) is 10.0 Å². The Labute approximate surface area is 142 Å². The smallest absolute Gasteiger partial charge is 0.338 e. The molecule has 2 N–H and O–H groups in total. The van der Waals surface area contributed by atoms with Crippen LogP contribution in [0, 0.1) is 0 Å². The van der Waals surface area contributed by atoms with E-state index in [1.807, 2.05) is 0 Å². The molecule has 2 aromatic carbocycles. The summed E-state index contributed by atoms with van der Waals surface area (Å²) in [6.45, 7) is 1.44. The fraction of sp³-hybridized carbons (Fsp3) is 0.125. The van der Waals surface area contributed by atoms with Gasteiger partial charge in [0, 0.05) is 0 Å². The van der Waals surface area contributed by atoms with Gasteiger partial charge in [0.1, 0.15) is 5.75 Å². The third kappa shape index (κ3) is 4.37. The molecule has 0 aliphatic rings. The van der Waals surface area contributed by atoms with E-state index in [-0.39, 0.29) is 16.3 Å². The normalized spacial score (nSPS) is 11.6. The van der Waals surface area contributed by atoms with E-state index in [2.05, 4.69) is 5.32 Å². The molecule has 2 rings (SSSR count). The van der Waals surface area contributed by atoms with Crippen molar-refractivity contribution in [3.05, 3.63) is 58.1 Å². The molecule has 120 valence electrons. The summed E-state index contributed by atoms with van der Waals surface area (Å²) in [4.78, 5) is 24.0. The Hall–Kier alpha value is -2.24. The standard InChI is InChI=1S/C16H13Cl2NO4/c1-9(23-16(22)10-5-7-11(20)8-6-10)15(21)19-13-4-2-3-12(17)14(13)18/h2-9,20H,1H3,(H,19,21)/t9-/m0/s1. The van der Waals surface area contributed by atoms with Crippen molar-refractivity contribution in [2.75, 3.05) is 5.32 Å². The van der Waals surface area contributed by atoms with E-state index in [1.165, 1.54) is 31.2 Å². The van der Waals surface area contributed by atoms with Gasteiger partial charge in [0.2, 0.25) is 0 Å². The van der Waals surface area contributed by atoms with Crippen LogP contribution < -0.4 is 5.32 Å². The number of amides is 1. The number of phenols is 1. The number of ether oxygens (including phenoxy) is 1. The summed E-state index contributed by atoms with van der Waals surface area (Å²) in [7, 11) is 0. The van der Waals surface area contributed by atoms with Crippen LogP contribution in [-0.2, 0) is 9.53 Å². The first kappa shape index (κ1) is 17.1. The van der Waals surface area contributed by atoms with E-state index < -0.39 is 18.0 Å². The van der Waals surface area contributed by atoms with Gasteiger partial charge in [-0.1, -0.05) is 29.3 Å². The van der Waals surface area contributed by atoms with E-state index in [1.54, 1.807) is 18.2 Å². The molecule has 0 bridgehead atoms. The molecule has 0 unspecified atom stereocenters. The van der Waals surface area contributed by atoms with Crippen LogP contribution in [0.25, 0.3) is 0 Å². The van der Waals surface area contributed by atoms with Crippen molar-refractivity contribution in [2.24, 2.45) is 0 Å². The minimum absolute atomic E-state index is 0.0305. The maximum absolute atomic E-state index is 12.1. The Bertz CT molecular complexity index is 731. The molecule has 7 heteroatoms. The largest absolute Gasteiger partial charge is 0.508 e. The molecule has 0 aromatic heterocycles. The average Bonchev–Trinajstić information content (AvgIpc) is 2.52. The molecule has 5 nitrogen and oxygen atoms in total. The summed E-state index contributed by atoms with van der Waals surface area (Å²) in [6.07, 6.45) is -1.04. The molecular formula is C16H13Cl2NO4. The number of phenolic OH excluding ortho intramolecular Hbond substituents is 1. The third-order valence-corrected chi connectivity index (χ3v) is 3.78. The van der Waals surface area contributed by atoms with Crippen LogP contribution in [0.4, 0.5) is 5.69 Å². The molecule has 2 aromatic rings. The van der Waals surface area contributed by atoms with Gasteiger partial charge in [0.15, 0.2) is 6.10 Å². The lowest BCUT2D eigenvalue weighted by molar-refractivity contribution is -0.123. The topological polar surface area (TPSA) is 75.6 Å². The van der Waals surface area contributed by atoms with Gasteiger partial charge in [-0.15, -0.1) is 0 Å². The van der Waals surface area contributed by atoms with Gasteiger partial charge in [-0.2, -0.15) is 0 Å². The van der Waals surface area contributed by atoms with Crippen molar-refractivity contribution in [2.45, 2.75) is 13.0 Å². The summed E-state index contributed by atoms with van der Waals surface area (Å²) >= 11 is 11.8. The van der Waals surface area contributed by atoms with E-state index in [0.29, 0.717) is 10.7 Å². The van der Waals surface area contributed by atoms with Gasteiger partial charge in [0.25, 0.3) is 5.91 Å². The highest BCUT2D eigenvalue weighted by atomic mass is 35.5. The second-order valence-corrected chi connectivity index (χ2v) is 5.47. The molecule has 0 saturated heterocycles. The van der Waals surface area contributed by atoms with Gasteiger partial charge in [-0.05, 0) is 43.3 Å². The molecule has 23 heavy (non-hydrogen) atoms. The number of halogens is 2. The quantitative estimate of drug-likeness (QED) is 0.817. The number of benzene rings is 2. The maximum Gasteiger partial charge on any atom is 0.338 e. The minimum Gasteiger partial charge on any atom is -0.508 e. The number of carbonyl (C=O) groups excluding carboxylic acids is 2. The SMILES string of the molecule is C[C@H](OC(=O)c1ccc(O)cc1)C(=O)Nc1cccc(Cl)c1Cl. The Morgan fingerprint density at radius 2 is 1.78 bits per heavy atom. The van der Waals surface area contributed by atoms with Crippen molar-refractivity contribution < 1.29 is 19.4 Å². The maximum atomic E-state index is 12.1. The lowest BCUT2D eigenvalue weighted by Gasteiger charge is -2.14. The Balaban J connectivity index is 2.01. The van der Waals surface area contributed by atoms with Crippen LogP contribution in [-0.4, -0.2) is 23.1 Å². The monoisotopic (exact) mass is 353 g/mol. The van der Waals surface area contributed by atoms with Gasteiger partial charge >= 0.3 is 5.97 Å². The molecule has 1 amide bonds. The molecule has 1 atom stereocenters. The predicted molar refractivity (Wildman–Crippen MR) is 88.1 cm³/mol. The van der Waals surface area contributed by atoms with Crippen LogP contribution >= 0.6 is 23.2 Å². The zero-order valence-corrected chi connectivity index (χ0v) is 13.6. The van der Waals surface area contributed by atoms with E-state index in [9.17, 15) is 14.7 Å². The van der Waals surface area contributed by atoms with E-state index >= 15 is 0 Å². The van der Waals surface area contributed by atoms with Crippen molar-refractivity contribution in [3.8, 4) is 5.75 Å². The lowest BCUT2D eigenvalue weighted by Crippen LogP contribution is -2.30. The van der Waals surface area contributed by atoms with Gasteiger partial charge < -0.3 is 15.2 Å². The summed E-state index contributed by atoms with van der Waals surface area (Å²) in [5.41, 5.74) is 0.555. The second kappa shape index (κ2) is 7.35. The van der Waals surface area contributed by atoms with Crippen LogP contribution in [0.5, 0.6) is 5.75 Å². The minimum atomic E-state index is -1.04.